The first kappa shape index (κ1) is 10.5. The summed E-state index contributed by atoms with van der Waals surface area (Å²) in [6.45, 7) is 0. The molecule has 1 aromatic carbocycles. The molecule has 2 aromatic heterocycles. The number of imide groups is 1. The molecular weight excluding hydrogens is 262 g/mol. The van der Waals surface area contributed by atoms with E-state index < -0.39 is 0 Å². The summed E-state index contributed by atoms with van der Waals surface area (Å²) in [5.41, 5.74) is 1.62. The number of hydrogen-bond acceptors (Lipinski definition) is 4. The van der Waals surface area contributed by atoms with Gasteiger partial charge in [0.1, 0.15) is 5.52 Å². The second-order valence-corrected chi connectivity index (χ2v) is 5.13. The molecule has 5 nitrogen and oxygen atoms in total. The van der Waals surface area contributed by atoms with Gasteiger partial charge in [0, 0.05) is 0 Å². The lowest BCUT2D eigenvalue weighted by Gasteiger charge is -2.12. The van der Waals surface area contributed by atoms with Gasteiger partial charge in [-0.05, 0) is 23.6 Å². The monoisotopic (exact) mass is 269 g/mol. The molecule has 19 heavy (non-hydrogen) atoms. The minimum Gasteiger partial charge on any atom is -0.267 e. The van der Waals surface area contributed by atoms with E-state index in [2.05, 4.69) is 5.10 Å². The molecule has 0 saturated carbocycles. The third-order valence-corrected chi connectivity index (χ3v) is 3.93. The Morgan fingerprint density at radius 2 is 1.68 bits per heavy atom. The number of amides is 2. The average molecular weight is 269 g/mol. The molecule has 92 valence electrons. The van der Waals surface area contributed by atoms with Crippen molar-refractivity contribution in [3.63, 3.8) is 0 Å². The number of hydrogen-bond donors (Lipinski definition) is 0. The van der Waals surface area contributed by atoms with Crippen molar-refractivity contribution in [2.45, 2.75) is 0 Å². The Morgan fingerprint density at radius 3 is 2.32 bits per heavy atom. The molecule has 0 spiro atoms. The summed E-state index contributed by atoms with van der Waals surface area (Å²) in [4.78, 5) is 25.8. The van der Waals surface area contributed by atoms with Crippen LogP contribution in [0.3, 0.4) is 0 Å². The number of carbonyl (C=O) groups is 2. The lowest BCUT2D eigenvalue weighted by Crippen LogP contribution is -2.40. The Kier molecular flexibility index (Phi) is 1.94. The molecule has 0 bridgehead atoms. The highest BCUT2D eigenvalue weighted by Crippen LogP contribution is 2.24. The Labute approximate surface area is 111 Å². The van der Waals surface area contributed by atoms with Gasteiger partial charge < -0.3 is 0 Å². The van der Waals surface area contributed by atoms with Crippen molar-refractivity contribution in [1.82, 2.24) is 9.89 Å². The van der Waals surface area contributed by atoms with Gasteiger partial charge in [0.15, 0.2) is 0 Å². The maximum atomic E-state index is 12.3. The van der Waals surface area contributed by atoms with Crippen LogP contribution in [0.25, 0.3) is 10.2 Å². The lowest BCUT2D eigenvalue weighted by atomic mass is 10.1. The number of nitrogens with zero attached hydrogens (tertiary/aromatic N) is 3. The third kappa shape index (κ3) is 1.31. The minimum atomic E-state index is -0.337. The summed E-state index contributed by atoms with van der Waals surface area (Å²) in [5.74, 6) is -0.675. The van der Waals surface area contributed by atoms with Crippen LogP contribution in [0, 0.1) is 0 Å². The summed E-state index contributed by atoms with van der Waals surface area (Å²) in [6, 6.07) is 8.65. The van der Waals surface area contributed by atoms with Gasteiger partial charge in [-0.1, -0.05) is 12.1 Å². The lowest BCUT2D eigenvalue weighted by molar-refractivity contribution is 0.0880. The maximum Gasteiger partial charge on any atom is 0.282 e. The summed E-state index contributed by atoms with van der Waals surface area (Å²) >= 11 is 1.52. The van der Waals surface area contributed by atoms with Crippen LogP contribution < -0.4 is 5.01 Å². The number of thiophene rings is 1. The highest BCUT2D eigenvalue weighted by atomic mass is 32.1. The molecule has 4 rings (SSSR count). The third-order valence-electron chi connectivity index (χ3n) is 3.09. The number of fused-ring (bicyclic) bond motifs is 2. The molecule has 2 amide bonds. The molecule has 3 heterocycles. The van der Waals surface area contributed by atoms with Gasteiger partial charge in [-0.2, -0.15) is 14.9 Å². The first-order valence-corrected chi connectivity index (χ1v) is 6.54. The first-order valence-electron chi connectivity index (χ1n) is 5.67. The van der Waals surface area contributed by atoms with Crippen LogP contribution in [0.1, 0.15) is 20.7 Å². The van der Waals surface area contributed by atoms with Crippen molar-refractivity contribution in [2.75, 3.05) is 5.01 Å². The predicted octanol–water partition coefficient (Wildman–Crippen LogP) is 2.03. The molecule has 0 fully saturated rings. The zero-order valence-corrected chi connectivity index (χ0v) is 10.4. The highest BCUT2D eigenvalue weighted by Gasteiger charge is 2.37. The van der Waals surface area contributed by atoms with E-state index in [9.17, 15) is 9.59 Å². The van der Waals surface area contributed by atoms with Crippen LogP contribution in [-0.4, -0.2) is 21.7 Å². The van der Waals surface area contributed by atoms with E-state index in [1.807, 2.05) is 11.4 Å². The van der Waals surface area contributed by atoms with Crippen molar-refractivity contribution in [2.24, 2.45) is 0 Å². The zero-order chi connectivity index (χ0) is 13.0. The molecule has 0 atom stereocenters. The zero-order valence-electron chi connectivity index (χ0n) is 9.61. The molecule has 1 aliphatic rings. The van der Waals surface area contributed by atoms with E-state index in [1.54, 1.807) is 30.5 Å². The fourth-order valence-corrected chi connectivity index (χ4v) is 2.93. The predicted molar refractivity (Wildman–Crippen MR) is 70.9 cm³/mol. The van der Waals surface area contributed by atoms with Crippen LogP contribution >= 0.6 is 11.3 Å². The van der Waals surface area contributed by atoms with Gasteiger partial charge in [-0.3, -0.25) is 9.59 Å². The molecule has 0 radical (unpaired) electrons. The van der Waals surface area contributed by atoms with Gasteiger partial charge in [-0.15, -0.1) is 11.3 Å². The highest BCUT2D eigenvalue weighted by molar-refractivity contribution is 7.17. The fourth-order valence-electron chi connectivity index (χ4n) is 2.20. The summed E-state index contributed by atoms with van der Waals surface area (Å²) in [5, 5.41) is 7.24. The Morgan fingerprint density at radius 1 is 1.00 bits per heavy atom. The smallest absolute Gasteiger partial charge is 0.267 e. The summed E-state index contributed by atoms with van der Waals surface area (Å²) < 4.78 is 0.941. The largest absolute Gasteiger partial charge is 0.282 e. The SMILES string of the molecule is O=C1c2ccccc2C(=O)N1n1cc2sccc2n1. The summed E-state index contributed by atoms with van der Waals surface area (Å²) in [7, 11) is 0. The number of carbonyl (C=O) groups excluding carboxylic acids is 2. The molecule has 0 saturated heterocycles. The van der Waals surface area contributed by atoms with Gasteiger partial charge in [0.2, 0.25) is 0 Å². The van der Waals surface area contributed by atoms with Gasteiger partial charge in [0.25, 0.3) is 11.8 Å². The van der Waals surface area contributed by atoms with Gasteiger partial charge in [-0.25, -0.2) is 0 Å². The molecule has 0 unspecified atom stereocenters. The van der Waals surface area contributed by atoms with Crippen molar-refractivity contribution < 1.29 is 9.59 Å². The standard InChI is InChI=1S/C13H7N3O2S/c17-12-8-3-1-2-4-9(8)13(18)16(12)15-7-11-10(14-15)5-6-19-11/h1-7H. The van der Waals surface area contributed by atoms with Crippen LogP contribution in [0.2, 0.25) is 0 Å². The van der Waals surface area contributed by atoms with Crippen LogP contribution in [0.4, 0.5) is 0 Å². The van der Waals surface area contributed by atoms with Crippen molar-refractivity contribution in [3.05, 3.63) is 53.0 Å². The average Bonchev–Trinajstić information content (AvgIpc) is 3.04. The van der Waals surface area contributed by atoms with E-state index in [-0.39, 0.29) is 11.8 Å². The quantitative estimate of drug-likeness (QED) is 0.635. The number of benzene rings is 1. The maximum absolute atomic E-state index is 12.3. The van der Waals surface area contributed by atoms with E-state index >= 15 is 0 Å². The number of rotatable bonds is 1. The normalized spacial score (nSPS) is 14.4. The molecule has 0 N–H and O–H groups in total. The van der Waals surface area contributed by atoms with Crippen LogP contribution in [0.5, 0.6) is 0 Å². The van der Waals surface area contributed by atoms with Crippen LogP contribution in [0.15, 0.2) is 41.9 Å². The van der Waals surface area contributed by atoms with E-state index in [4.69, 9.17) is 0 Å². The second-order valence-electron chi connectivity index (χ2n) is 4.19. The van der Waals surface area contributed by atoms with Gasteiger partial charge >= 0.3 is 0 Å². The van der Waals surface area contributed by atoms with Crippen molar-refractivity contribution >= 4 is 33.4 Å². The van der Waals surface area contributed by atoms with E-state index in [1.165, 1.54) is 16.1 Å². The first-order chi connectivity index (χ1) is 9.25. The van der Waals surface area contributed by atoms with Gasteiger partial charge in [0.05, 0.1) is 22.0 Å². The Balaban J connectivity index is 1.88. The van der Waals surface area contributed by atoms with E-state index in [0.717, 1.165) is 15.2 Å². The summed E-state index contributed by atoms with van der Waals surface area (Å²) in [6.07, 6.45) is 1.70. The van der Waals surface area contributed by atoms with Crippen LogP contribution in [-0.2, 0) is 0 Å². The molecule has 1 aliphatic heterocycles. The molecule has 6 heteroatoms. The van der Waals surface area contributed by atoms with E-state index in [0.29, 0.717) is 11.1 Å². The Hall–Kier alpha value is -2.47. The Bertz CT molecular complexity index is 770. The molecule has 0 aliphatic carbocycles. The molecule has 3 aromatic rings. The number of aromatic nitrogens is 2. The topological polar surface area (TPSA) is 55.2 Å². The fraction of sp³-hybridized carbons (Fsp3) is 0. The second kappa shape index (κ2) is 3.52. The molecular formula is C13H7N3O2S. The minimum absolute atomic E-state index is 0.337. The van der Waals surface area contributed by atoms with Crippen molar-refractivity contribution in [1.29, 1.82) is 0 Å². The van der Waals surface area contributed by atoms with Crippen molar-refractivity contribution in [3.8, 4) is 0 Å².